The minimum absolute atomic E-state index is 0.273. The van der Waals surface area contributed by atoms with Crippen LogP contribution in [-0.2, 0) is 0 Å². The van der Waals surface area contributed by atoms with E-state index in [0.29, 0.717) is 11.4 Å². The molecule has 108 valence electrons. The van der Waals surface area contributed by atoms with Crippen LogP contribution in [0.4, 0.5) is 10.5 Å². The maximum Gasteiger partial charge on any atom is 0.417 e. The standard InChI is InChI=1S/C15H14N2O4/c1-10-3-2-4-13(9-10)21-15(19)16-12-7-5-11(6-8-12)14(18)17-20/h2-9,20H,1H3,(H,16,19)(H,17,18). The van der Waals surface area contributed by atoms with Crippen molar-refractivity contribution in [3.05, 3.63) is 59.7 Å². The number of hydroxylamine groups is 1. The van der Waals surface area contributed by atoms with E-state index in [2.05, 4.69) is 5.32 Å². The Morgan fingerprint density at radius 2 is 1.81 bits per heavy atom. The number of anilines is 1. The second kappa shape index (κ2) is 6.53. The van der Waals surface area contributed by atoms with Crippen LogP contribution >= 0.6 is 0 Å². The monoisotopic (exact) mass is 286 g/mol. The summed E-state index contributed by atoms with van der Waals surface area (Å²) >= 11 is 0. The number of rotatable bonds is 3. The van der Waals surface area contributed by atoms with Gasteiger partial charge in [-0.25, -0.2) is 10.3 Å². The quantitative estimate of drug-likeness (QED) is 0.598. The van der Waals surface area contributed by atoms with Crippen molar-refractivity contribution in [3.8, 4) is 5.75 Å². The van der Waals surface area contributed by atoms with Crippen LogP contribution in [0.1, 0.15) is 15.9 Å². The second-order valence-corrected chi connectivity index (χ2v) is 4.35. The lowest BCUT2D eigenvalue weighted by molar-refractivity contribution is 0.0706. The Kier molecular flexibility index (Phi) is 4.53. The van der Waals surface area contributed by atoms with Crippen molar-refractivity contribution < 1.29 is 19.5 Å². The van der Waals surface area contributed by atoms with E-state index < -0.39 is 12.0 Å². The second-order valence-electron chi connectivity index (χ2n) is 4.35. The van der Waals surface area contributed by atoms with Crippen molar-refractivity contribution in [1.29, 1.82) is 0 Å². The molecule has 6 nitrogen and oxygen atoms in total. The van der Waals surface area contributed by atoms with Gasteiger partial charge in [-0.15, -0.1) is 0 Å². The van der Waals surface area contributed by atoms with Crippen LogP contribution in [0.3, 0.4) is 0 Å². The van der Waals surface area contributed by atoms with Crippen molar-refractivity contribution in [2.24, 2.45) is 0 Å². The third-order valence-corrected chi connectivity index (χ3v) is 2.70. The molecule has 2 aromatic carbocycles. The molecule has 21 heavy (non-hydrogen) atoms. The van der Waals surface area contributed by atoms with Crippen LogP contribution in [0, 0.1) is 6.92 Å². The first-order valence-corrected chi connectivity index (χ1v) is 6.18. The number of benzene rings is 2. The predicted molar refractivity (Wildman–Crippen MR) is 76.5 cm³/mol. The van der Waals surface area contributed by atoms with Crippen LogP contribution in [0.2, 0.25) is 0 Å². The molecule has 0 aliphatic carbocycles. The minimum atomic E-state index is -0.625. The molecule has 0 saturated heterocycles. The van der Waals surface area contributed by atoms with E-state index in [1.54, 1.807) is 18.2 Å². The summed E-state index contributed by atoms with van der Waals surface area (Å²) in [4.78, 5) is 22.9. The Morgan fingerprint density at radius 3 is 2.43 bits per heavy atom. The highest BCUT2D eigenvalue weighted by molar-refractivity contribution is 5.94. The van der Waals surface area contributed by atoms with Crippen LogP contribution in [0.5, 0.6) is 5.75 Å². The molecule has 0 saturated carbocycles. The molecule has 0 bridgehead atoms. The molecule has 3 N–H and O–H groups in total. The van der Waals surface area contributed by atoms with Gasteiger partial charge in [0.15, 0.2) is 0 Å². The maximum absolute atomic E-state index is 11.7. The molecule has 6 heteroatoms. The summed E-state index contributed by atoms with van der Waals surface area (Å²) in [5.41, 5.74) is 3.26. The number of amides is 2. The van der Waals surface area contributed by atoms with Gasteiger partial charge in [0.25, 0.3) is 5.91 Å². The first kappa shape index (κ1) is 14.5. The number of aryl methyl sites for hydroxylation is 1. The average molecular weight is 286 g/mol. The number of hydrogen-bond acceptors (Lipinski definition) is 4. The summed E-state index contributed by atoms with van der Waals surface area (Å²) in [6.07, 6.45) is -0.625. The van der Waals surface area contributed by atoms with E-state index in [4.69, 9.17) is 9.94 Å². The maximum atomic E-state index is 11.7. The van der Waals surface area contributed by atoms with E-state index in [1.807, 2.05) is 13.0 Å². The smallest absolute Gasteiger partial charge is 0.410 e. The van der Waals surface area contributed by atoms with Gasteiger partial charge in [-0.2, -0.15) is 0 Å². The van der Waals surface area contributed by atoms with Gasteiger partial charge in [0.05, 0.1) is 0 Å². The van der Waals surface area contributed by atoms with Crippen molar-refractivity contribution in [3.63, 3.8) is 0 Å². The van der Waals surface area contributed by atoms with Crippen molar-refractivity contribution >= 4 is 17.7 Å². The van der Waals surface area contributed by atoms with Crippen molar-refractivity contribution in [2.45, 2.75) is 6.92 Å². The van der Waals surface area contributed by atoms with Gasteiger partial charge in [0.1, 0.15) is 5.75 Å². The molecule has 2 aromatic rings. The zero-order chi connectivity index (χ0) is 15.2. The Hall–Kier alpha value is -2.86. The largest absolute Gasteiger partial charge is 0.417 e. The molecule has 0 unspecified atom stereocenters. The zero-order valence-electron chi connectivity index (χ0n) is 11.3. The van der Waals surface area contributed by atoms with E-state index in [9.17, 15) is 9.59 Å². The summed E-state index contributed by atoms with van der Waals surface area (Å²) in [6, 6.07) is 13.1. The summed E-state index contributed by atoms with van der Waals surface area (Å²) in [7, 11) is 0. The number of ether oxygens (including phenoxy) is 1. The molecule has 0 radical (unpaired) electrons. The number of carbonyl (C=O) groups is 2. The Labute approximate surface area is 121 Å². The van der Waals surface area contributed by atoms with Crippen LogP contribution < -0.4 is 15.5 Å². The molecule has 0 aliphatic heterocycles. The Bertz CT molecular complexity index is 653. The first-order valence-electron chi connectivity index (χ1n) is 6.18. The fourth-order valence-electron chi connectivity index (χ4n) is 1.70. The van der Waals surface area contributed by atoms with Crippen molar-refractivity contribution in [1.82, 2.24) is 5.48 Å². The third kappa shape index (κ3) is 4.05. The lowest BCUT2D eigenvalue weighted by atomic mass is 10.2. The van der Waals surface area contributed by atoms with Gasteiger partial charge < -0.3 is 4.74 Å². The van der Waals surface area contributed by atoms with Gasteiger partial charge in [-0.05, 0) is 48.9 Å². The summed E-state index contributed by atoms with van der Waals surface area (Å²) in [5, 5.41) is 11.0. The number of hydrogen-bond donors (Lipinski definition) is 3. The van der Waals surface area contributed by atoms with Crippen molar-refractivity contribution in [2.75, 3.05) is 5.32 Å². The highest BCUT2D eigenvalue weighted by Crippen LogP contribution is 2.14. The summed E-state index contributed by atoms with van der Waals surface area (Å²) < 4.78 is 5.13. The van der Waals surface area contributed by atoms with E-state index in [0.717, 1.165) is 5.56 Å². The van der Waals surface area contributed by atoms with Gasteiger partial charge in [-0.1, -0.05) is 12.1 Å². The van der Waals surface area contributed by atoms with Gasteiger partial charge in [0, 0.05) is 11.3 Å². The molecular weight excluding hydrogens is 272 g/mol. The number of carbonyl (C=O) groups excluding carboxylic acids is 2. The van der Waals surface area contributed by atoms with E-state index in [-0.39, 0.29) is 5.56 Å². The molecule has 0 fully saturated rings. The third-order valence-electron chi connectivity index (χ3n) is 2.70. The van der Waals surface area contributed by atoms with Crippen LogP contribution in [0.25, 0.3) is 0 Å². The van der Waals surface area contributed by atoms with Crippen LogP contribution in [-0.4, -0.2) is 17.2 Å². The highest BCUT2D eigenvalue weighted by Gasteiger charge is 2.07. The van der Waals surface area contributed by atoms with Gasteiger partial charge in [-0.3, -0.25) is 15.3 Å². The van der Waals surface area contributed by atoms with Gasteiger partial charge in [0.2, 0.25) is 0 Å². The predicted octanol–water partition coefficient (Wildman–Crippen LogP) is 2.72. The molecule has 2 amide bonds. The number of nitrogens with one attached hydrogen (secondary N) is 2. The fraction of sp³-hybridized carbons (Fsp3) is 0.0667. The molecule has 2 rings (SSSR count). The minimum Gasteiger partial charge on any atom is -0.410 e. The van der Waals surface area contributed by atoms with E-state index >= 15 is 0 Å². The Balaban J connectivity index is 1.98. The average Bonchev–Trinajstić information content (AvgIpc) is 2.47. The molecule has 0 aromatic heterocycles. The highest BCUT2D eigenvalue weighted by atomic mass is 16.6. The molecule has 0 aliphatic rings. The summed E-state index contributed by atoms with van der Waals surface area (Å²) in [5.74, 6) is -0.173. The Morgan fingerprint density at radius 1 is 1.10 bits per heavy atom. The molecule has 0 spiro atoms. The van der Waals surface area contributed by atoms with E-state index in [1.165, 1.54) is 29.7 Å². The molecule has 0 atom stereocenters. The SMILES string of the molecule is Cc1cccc(OC(=O)Nc2ccc(C(=O)NO)cc2)c1. The normalized spacial score (nSPS) is 9.81. The van der Waals surface area contributed by atoms with Gasteiger partial charge >= 0.3 is 6.09 Å². The zero-order valence-corrected chi connectivity index (χ0v) is 11.3. The molecular formula is C15H14N2O4. The molecule has 0 heterocycles. The fourth-order valence-corrected chi connectivity index (χ4v) is 1.70. The lowest BCUT2D eigenvalue weighted by Crippen LogP contribution is -2.19. The first-order chi connectivity index (χ1) is 10.1. The van der Waals surface area contributed by atoms with Crippen LogP contribution in [0.15, 0.2) is 48.5 Å². The lowest BCUT2D eigenvalue weighted by Gasteiger charge is -2.07. The topological polar surface area (TPSA) is 87.7 Å². The summed E-state index contributed by atoms with van der Waals surface area (Å²) in [6.45, 7) is 1.90.